The summed E-state index contributed by atoms with van der Waals surface area (Å²) in [4.78, 5) is 40.9. The molecule has 0 bridgehead atoms. The van der Waals surface area contributed by atoms with Crippen LogP contribution < -0.4 is 16.0 Å². The Labute approximate surface area is 190 Å². The minimum atomic E-state index is -0.909. The van der Waals surface area contributed by atoms with Gasteiger partial charge in [0.2, 0.25) is 5.91 Å². The Hall–Kier alpha value is -3.96. The first kappa shape index (κ1) is 22.7. The zero-order valence-corrected chi connectivity index (χ0v) is 18.5. The van der Waals surface area contributed by atoms with Gasteiger partial charge in [-0.2, -0.15) is 0 Å². The summed E-state index contributed by atoms with van der Waals surface area (Å²) >= 11 is 1.23. The zero-order valence-electron chi connectivity index (χ0n) is 17.6. The second kappa shape index (κ2) is 10.4. The topological polar surface area (TPSA) is 100 Å². The van der Waals surface area contributed by atoms with Crippen molar-refractivity contribution in [1.82, 2.24) is 15.6 Å². The van der Waals surface area contributed by atoms with E-state index < -0.39 is 12.1 Å². The molecule has 7 nitrogen and oxygen atoms in total. The van der Waals surface area contributed by atoms with Gasteiger partial charge in [0.25, 0.3) is 0 Å². The van der Waals surface area contributed by atoms with Gasteiger partial charge in [-0.15, -0.1) is 17.8 Å². The van der Waals surface area contributed by atoms with Gasteiger partial charge < -0.3 is 10.6 Å². The van der Waals surface area contributed by atoms with Crippen molar-refractivity contribution in [2.75, 3.05) is 12.4 Å². The number of rotatable bonds is 7. The van der Waals surface area contributed by atoms with Crippen molar-refractivity contribution in [1.29, 1.82) is 0 Å². The molecule has 0 saturated heterocycles. The Morgan fingerprint density at radius 2 is 1.88 bits per heavy atom. The Balaban J connectivity index is 1.78. The molecule has 0 fully saturated rings. The summed E-state index contributed by atoms with van der Waals surface area (Å²) in [5, 5.41) is 9.86. The Morgan fingerprint density at radius 1 is 1.12 bits per heavy atom. The molecule has 1 unspecified atom stereocenters. The lowest BCUT2D eigenvalue weighted by molar-refractivity contribution is -0.122. The number of aromatic nitrogens is 1. The third kappa shape index (κ3) is 5.39. The number of nitrogens with one attached hydrogen (secondary N) is 3. The highest BCUT2D eigenvalue weighted by Crippen LogP contribution is 2.24. The number of urea groups is 1. The van der Waals surface area contributed by atoms with Crippen LogP contribution >= 0.6 is 11.3 Å². The van der Waals surface area contributed by atoms with Crippen LogP contribution in [-0.4, -0.2) is 29.8 Å². The quantitative estimate of drug-likeness (QED) is 0.377. The van der Waals surface area contributed by atoms with E-state index in [0.717, 1.165) is 11.1 Å². The summed E-state index contributed by atoms with van der Waals surface area (Å²) in [5.74, 6) is 2.42. The molecule has 1 heterocycles. The van der Waals surface area contributed by atoms with E-state index in [0.29, 0.717) is 28.4 Å². The SMILES string of the molecule is C#Cc1nc(NC(=O)NC(C(=O)NC)c2ccc(-c3cccc(C(=O)CC)c3)cc2)cs1. The molecule has 3 N–H and O–H groups in total. The molecule has 1 atom stereocenters. The summed E-state index contributed by atoms with van der Waals surface area (Å²) in [6.07, 6.45) is 5.73. The summed E-state index contributed by atoms with van der Waals surface area (Å²) in [6.45, 7) is 1.83. The highest BCUT2D eigenvalue weighted by molar-refractivity contribution is 7.10. The van der Waals surface area contributed by atoms with Gasteiger partial charge in [-0.05, 0) is 28.7 Å². The average Bonchev–Trinajstić information content (AvgIpc) is 3.29. The van der Waals surface area contributed by atoms with E-state index in [9.17, 15) is 14.4 Å². The monoisotopic (exact) mass is 446 g/mol. The van der Waals surface area contributed by atoms with Gasteiger partial charge >= 0.3 is 6.03 Å². The fourth-order valence-electron chi connectivity index (χ4n) is 3.07. The van der Waals surface area contributed by atoms with Crippen molar-refractivity contribution in [3.63, 3.8) is 0 Å². The van der Waals surface area contributed by atoms with Crippen LogP contribution in [-0.2, 0) is 4.79 Å². The van der Waals surface area contributed by atoms with Gasteiger partial charge in [-0.3, -0.25) is 14.9 Å². The zero-order chi connectivity index (χ0) is 23.1. The molecule has 0 aliphatic heterocycles. The van der Waals surface area contributed by atoms with Crippen molar-refractivity contribution in [2.24, 2.45) is 0 Å². The number of nitrogens with zero attached hydrogens (tertiary/aromatic N) is 1. The molecule has 3 rings (SSSR count). The van der Waals surface area contributed by atoms with Crippen LogP contribution in [0, 0.1) is 12.3 Å². The number of ketones is 1. The summed E-state index contributed by atoms with van der Waals surface area (Å²) in [6, 6.07) is 13.1. The number of amides is 3. The number of hydrogen-bond acceptors (Lipinski definition) is 5. The van der Waals surface area contributed by atoms with E-state index in [-0.39, 0.29) is 11.7 Å². The Morgan fingerprint density at radius 3 is 2.50 bits per heavy atom. The van der Waals surface area contributed by atoms with Crippen LogP contribution in [0.4, 0.5) is 10.6 Å². The van der Waals surface area contributed by atoms with Crippen molar-refractivity contribution >= 4 is 34.9 Å². The highest BCUT2D eigenvalue weighted by atomic mass is 32.1. The molecule has 0 radical (unpaired) electrons. The first-order valence-corrected chi connectivity index (χ1v) is 10.8. The molecule has 3 amide bonds. The Kier molecular flexibility index (Phi) is 7.37. The number of hydrogen-bond donors (Lipinski definition) is 3. The molecule has 3 aromatic rings. The number of likely N-dealkylation sites (N-methyl/N-ethyl adjacent to an activating group) is 1. The third-order valence-electron chi connectivity index (χ3n) is 4.74. The van der Waals surface area contributed by atoms with Gasteiger partial charge in [0, 0.05) is 24.4 Å². The molecule has 1 aromatic heterocycles. The van der Waals surface area contributed by atoms with Crippen molar-refractivity contribution in [2.45, 2.75) is 19.4 Å². The molecular weight excluding hydrogens is 424 g/mol. The second-order valence-electron chi connectivity index (χ2n) is 6.81. The van der Waals surface area contributed by atoms with Crippen LogP contribution in [0.15, 0.2) is 53.9 Å². The van der Waals surface area contributed by atoms with Gasteiger partial charge in [-0.1, -0.05) is 49.4 Å². The molecular formula is C24H22N4O3S. The summed E-state index contributed by atoms with van der Waals surface area (Å²) in [5.41, 5.74) is 3.05. The van der Waals surface area contributed by atoms with Crippen LogP contribution in [0.3, 0.4) is 0 Å². The molecule has 0 saturated carbocycles. The number of benzene rings is 2. The predicted octanol–water partition coefficient (Wildman–Crippen LogP) is 3.99. The smallest absolute Gasteiger partial charge is 0.321 e. The lowest BCUT2D eigenvalue weighted by Crippen LogP contribution is -2.41. The standard InChI is InChI=1S/C24H22N4O3S/c1-4-19(29)18-8-6-7-17(13-18)15-9-11-16(12-10-15)22(23(30)25-3)28-24(31)27-20-14-32-21(5-2)26-20/h2,6-14,22H,4H2,1,3H3,(H,25,30)(H2,27,28,31). The summed E-state index contributed by atoms with van der Waals surface area (Å²) < 4.78 is 0. The molecule has 0 aliphatic carbocycles. The number of anilines is 1. The van der Waals surface area contributed by atoms with Crippen molar-refractivity contribution in [3.8, 4) is 23.5 Å². The van der Waals surface area contributed by atoms with Crippen LogP contribution in [0.1, 0.15) is 40.3 Å². The van der Waals surface area contributed by atoms with Gasteiger partial charge in [-0.25, -0.2) is 9.78 Å². The van der Waals surface area contributed by atoms with E-state index in [1.54, 1.807) is 23.6 Å². The minimum absolute atomic E-state index is 0.0767. The highest BCUT2D eigenvalue weighted by Gasteiger charge is 2.22. The fourth-order valence-corrected chi connectivity index (χ4v) is 3.62. The normalized spacial score (nSPS) is 11.2. The van der Waals surface area contributed by atoms with E-state index in [2.05, 4.69) is 26.9 Å². The van der Waals surface area contributed by atoms with Crippen molar-refractivity contribution < 1.29 is 14.4 Å². The Bertz CT molecular complexity index is 1180. The first-order valence-electron chi connectivity index (χ1n) is 9.90. The molecule has 32 heavy (non-hydrogen) atoms. The third-order valence-corrected chi connectivity index (χ3v) is 5.51. The van der Waals surface area contributed by atoms with Gasteiger partial charge in [0.15, 0.2) is 10.8 Å². The number of carbonyl (C=O) groups excluding carboxylic acids is 3. The maximum absolute atomic E-state index is 12.4. The summed E-state index contributed by atoms with van der Waals surface area (Å²) in [7, 11) is 1.50. The average molecular weight is 447 g/mol. The molecule has 2 aromatic carbocycles. The van der Waals surface area contributed by atoms with E-state index >= 15 is 0 Å². The number of thiazole rings is 1. The lowest BCUT2D eigenvalue weighted by Gasteiger charge is -2.18. The van der Waals surface area contributed by atoms with E-state index in [4.69, 9.17) is 6.42 Å². The van der Waals surface area contributed by atoms with Crippen LogP contribution in [0.25, 0.3) is 11.1 Å². The molecule has 0 spiro atoms. The van der Waals surface area contributed by atoms with Gasteiger partial charge in [0.1, 0.15) is 11.9 Å². The van der Waals surface area contributed by atoms with Crippen LogP contribution in [0.2, 0.25) is 0 Å². The minimum Gasteiger partial charge on any atom is -0.357 e. The predicted molar refractivity (Wildman–Crippen MR) is 126 cm³/mol. The maximum atomic E-state index is 12.4. The van der Waals surface area contributed by atoms with Gasteiger partial charge in [0.05, 0.1) is 0 Å². The fraction of sp³-hybridized carbons (Fsp3) is 0.167. The number of carbonyl (C=O) groups is 3. The largest absolute Gasteiger partial charge is 0.357 e. The lowest BCUT2D eigenvalue weighted by atomic mass is 9.98. The number of Topliss-reactive ketones (excluding diaryl/α,β-unsaturated/α-hetero) is 1. The van der Waals surface area contributed by atoms with Crippen LogP contribution in [0.5, 0.6) is 0 Å². The van der Waals surface area contributed by atoms with E-state index in [1.807, 2.05) is 37.3 Å². The number of terminal acetylenes is 1. The first-order chi connectivity index (χ1) is 15.4. The van der Waals surface area contributed by atoms with E-state index in [1.165, 1.54) is 18.4 Å². The molecule has 8 heteroatoms. The maximum Gasteiger partial charge on any atom is 0.321 e. The molecule has 162 valence electrons. The van der Waals surface area contributed by atoms with Crippen molar-refractivity contribution in [3.05, 3.63) is 70.0 Å². The molecule has 0 aliphatic rings. The second-order valence-corrected chi connectivity index (χ2v) is 7.67.